The molecule has 0 saturated carbocycles. The van der Waals surface area contributed by atoms with Gasteiger partial charge in [-0.05, 0) is 44.4 Å². The summed E-state index contributed by atoms with van der Waals surface area (Å²) < 4.78 is 45.8. The number of carbonyl (C=O) groups is 1. The molecule has 1 amide bonds. The lowest BCUT2D eigenvalue weighted by Crippen LogP contribution is -2.22. The predicted molar refractivity (Wildman–Crippen MR) is 93.6 cm³/mol. The molecule has 1 aromatic carbocycles. The molecule has 0 aliphatic rings. The smallest absolute Gasteiger partial charge is 0.434 e. The van der Waals surface area contributed by atoms with Crippen molar-refractivity contribution in [1.29, 1.82) is 0 Å². The van der Waals surface area contributed by atoms with Crippen LogP contribution in [0.15, 0.2) is 24.3 Å². The maximum atomic E-state index is 13.5. The number of aryl methyl sites for hydroxylation is 2. The second kappa shape index (κ2) is 7.76. The second-order valence-electron chi connectivity index (χ2n) is 6.03. The highest BCUT2D eigenvalue weighted by atomic mass is 19.4. The van der Waals surface area contributed by atoms with E-state index in [-0.39, 0.29) is 18.1 Å². The van der Waals surface area contributed by atoms with Gasteiger partial charge >= 0.3 is 6.18 Å². The van der Waals surface area contributed by atoms with Crippen molar-refractivity contribution in [3.05, 3.63) is 52.3 Å². The maximum absolute atomic E-state index is 13.5. The number of hydrogen-bond donors (Lipinski definition) is 1. The number of carbonyl (C=O) groups excluding carboxylic acids is 1. The first kappa shape index (κ1) is 19.8. The molecule has 0 aliphatic heterocycles. The Balaban J connectivity index is 2.54. The Kier molecular flexibility index (Phi) is 5.90. The molecule has 1 N–H and O–H groups in total. The van der Waals surface area contributed by atoms with Gasteiger partial charge in [0.25, 0.3) is 5.91 Å². The van der Waals surface area contributed by atoms with E-state index in [9.17, 15) is 18.0 Å². The standard InChI is InChI=1S/C19H21F3N2O2/c1-5-9-26-15-10-12(3)23-17(19(20,21)22)16(15)18(25)24-14-8-6-7-11(2)13(14)4/h6-8,10H,5,9H2,1-4H3,(H,24,25). The third kappa shape index (κ3) is 4.33. The lowest BCUT2D eigenvalue weighted by atomic mass is 10.1. The average Bonchev–Trinajstić information content (AvgIpc) is 2.55. The number of nitrogens with zero attached hydrogens (tertiary/aromatic N) is 1. The van der Waals surface area contributed by atoms with Gasteiger partial charge in [0.2, 0.25) is 0 Å². The normalized spacial score (nSPS) is 11.3. The quantitative estimate of drug-likeness (QED) is 0.804. The number of aromatic nitrogens is 1. The molecule has 2 rings (SSSR count). The summed E-state index contributed by atoms with van der Waals surface area (Å²) >= 11 is 0. The van der Waals surface area contributed by atoms with E-state index < -0.39 is 23.3 Å². The number of alkyl halides is 3. The first-order valence-corrected chi connectivity index (χ1v) is 8.24. The molecule has 26 heavy (non-hydrogen) atoms. The number of nitrogens with one attached hydrogen (secondary N) is 1. The molecule has 1 aromatic heterocycles. The number of halogens is 3. The van der Waals surface area contributed by atoms with Crippen LogP contribution < -0.4 is 10.1 Å². The Morgan fingerprint density at radius 2 is 1.92 bits per heavy atom. The molecule has 1 heterocycles. The van der Waals surface area contributed by atoms with E-state index in [1.165, 1.54) is 13.0 Å². The first-order chi connectivity index (χ1) is 12.1. The van der Waals surface area contributed by atoms with E-state index in [0.29, 0.717) is 12.1 Å². The number of anilines is 1. The molecule has 7 heteroatoms. The Hall–Kier alpha value is -2.57. The van der Waals surface area contributed by atoms with E-state index in [1.807, 2.05) is 19.9 Å². The van der Waals surface area contributed by atoms with Gasteiger partial charge in [0.15, 0.2) is 5.69 Å². The number of rotatable bonds is 5. The fraction of sp³-hybridized carbons (Fsp3) is 0.368. The van der Waals surface area contributed by atoms with Crippen molar-refractivity contribution in [2.24, 2.45) is 0 Å². The van der Waals surface area contributed by atoms with Gasteiger partial charge in [0.05, 0.1) is 6.61 Å². The molecular formula is C19H21F3N2O2. The minimum absolute atomic E-state index is 0.116. The molecule has 0 bridgehead atoms. The third-order valence-corrected chi connectivity index (χ3v) is 3.92. The summed E-state index contributed by atoms with van der Waals surface area (Å²) in [7, 11) is 0. The van der Waals surface area contributed by atoms with Crippen molar-refractivity contribution < 1.29 is 22.7 Å². The number of hydrogen-bond acceptors (Lipinski definition) is 3. The molecule has 140 valence electrons. The summed E-state index contributed by atoms with van der Waals surface area (Å²) in [6, 6.07) is 6.57. The summed E-state index contributed by atoms with van der Waals surface area (Å²) in [6.07, 6.45) is -4.18. The maximum Gasteiger partial charge on any atom is 0.434 e. The van der Waals surface area contributed by atoms with Crippen LogP contribution in [0, 0.1) is 20.8 Å². The van der Waals surface area contributed by atoms with Gasteiger partial charge in [-0.2, -0.15) is 13.2 Å². The summed E-state index contributed by atoms with van der Waals surface area (Å²) in [6.45, 7) is 7.10. The van der Waals surface area contributed by atoms with Crippen molar-refractivity contribution in [2.75, 3.05) is 11.9 Å². The predicted octanol–water partition coefficient (Wildman–Crippen LogP) is 5.07. The van der Waals surface area contributed by atoms with Gasteiger partial charge in [0.1, 0.15) is 11.3 Å². The van der Waals surface area contributed by atoms with Crippen LogP contribution in [0.4, 0.5) is 18.9 Å². The molecule has 0 fully saturated rings. The number of amides is 1. The van der Waals surface area contributed by atoms with Gasteiger partial charge in [-0.1, -0.05) is 19.1 Å². The fourth-order valence-corrected chi connectivity index (χ4v) is 2.46. The molecule has 0 radical (unpaired) electrons. The Morgan fingerprint density at radius 1 is 1.23 bits per heavy atom. The average molecular weight is 366 g/mol. The second-order valence-corrected chi connectivity index (χ2v) is 6.03. The van der Waals surface area contributed by atoms with Crippen molar-refractivity contribution >= 4 is 11.6 Å². The van der Waals surface area contributed by atoms with E-state index in [0.717, 1.165) is 11.1 Å². The molecule has 0 unspecified atom stereocenters. The highest BCUT2D eigenvalue weighted by Crippen LogP contribution is 2.36. The summed E-state index contributed by atoms with van der Waals surface area (Å²) in [5.41, 5.74) is 0.439. The minimum atomic E-state index is -4.77. The van der Waals surface area contributed by atoms with Crippen LogP contribution in [0.3, 0.4) is 0 Å². The lowest BCUT2D eigenvalue weighted by Gasteiger charge is -2.18. The van der Waals surface area contributed by atoms with E-state index in [4.69, 9.17) is 4.74 Å². The van der Waals surface area contributed by atoms with Crippen LogP contribution in [0.2, 0.25) is 0 Å². The minimum Gasteiger partial charge on any atom is -0.493 e. The van der Waals surface area contributed by atoms with Crippen molar-refractivity contribution in [3.63, 3.8) is 0 Å². The molecule has 0 saturated heterocycles. The Bertz CT molecular complexity index is 817. The SMILES string of the molecule is CCCOc1cc(C)nc(C(F)(F)F)c1C(=O)Nc1cccc(C)c1C. The summed E-state index contributed by atoms with van der Waals surface area (Å²) in [4.78, 5) is 16.3. The highest BCUT2D eigenvalue weighted by molar-refractivity contribution is 6.07. The number of ether oxygens (including phenoxy) is 1. The van der Waals surface area contributed by atoms with Crippen LogP contribution in [-0.2, 0) is 6.18 Å². The van der Waals surface area contributed by atoms with Crippen LogP contribution >= 0.6 is 0 Å². The van der Waals surface area contributed by atoms with E-state index in [1.54, 1.807) is 19.1 Å². The monoisotopic (exact) mass is 366 g/mol. The van der Waals surface area contributed by atoms with E-state index >= 15 is 0 Å². The molecule has 2 aromatic rings. The fourth-order valence-electron chi connectivity index (χ4n) is 2.46. The lowest BCUT2D eigenvalue weighted by molar-refractivity contribution is -0.141. The van der Waals surface area contributed by atoms with Gasteiger partial charge in [-0.15, -0.1) is 0 Å². The number of benzene rings is 1. The van der Waals surface area contributed by atoms with Crippen molar-refractivity contribution in [3.8, 4) is 5.75 Å². The van der Waals surface area contributed by atoms with E-state index in [2.05, 4.69) is 10.3 Å². The largest absolute Gasteiger partial charge is 0.493 e. The summed E-state index contributed by atoms with van der Waals surface area (Å²) in [5.74, 6) is -1.01. The molecule has 0 spiro atoms. The zero-order valence-electron chi connectivity index (χ0n) is 15.1. The Labute approximate surface area is 150 Å². The van der Waals surface area contributed by atoms with Crippen LogP contribution in [0.25, 0.3) is 0 Å². The van der Waals surface area contributed by atoms with Crippen LogP contribution in [0.5, 0.6) is 5.75 Å². The molecule has 0 atom stereocenters. The molecule has 4 nitrogen and oxygen atoms in total. The van der Waals surface area contributed by atoms with Crippen molar-refractivity contribution in [1.82, 2.24) is 4.98 Å². The number of pyridine rings is 1. The Morgan fingerprint density at radius 3 is 2.54 bits per heavy atom. The zero-order chi connectivity index (χ0) is 19.5. The van der Waals surface area contributed by atoms with Gasteiger partial charge in [-0.3, -0.25) is 4.79 Å². The molecule has 0 aliphatic carbocycles. The molecular weight excluding hydrogens is 345 g/mol. The zero-order valence-corrected chi connectivity index (χ0v) is 15.1. The van der Waals surface area contributed by atoms with Gasteiger partial charge in [-0.25, -0.2) is 4.98 Å². The van der Waals surface area contributed by atoms with Crippen molar-refractivity contribution in [2.45, 2.75) is 40.3 Å². The summed E-state index contributed by atoms with van der Waals surface area (Å²) in [5, 5.41) is 2.56. The third-order valence-electron chi connectivity index (χ3n) is 3.92. The highest BCUT2D eigenvalue weighted by Gasteiger charge is 2.39. The topological polar surface area (TPSA) is 51.2 Å². The first-order valence-electron chi connectivity index (χ1n) is 8.24. The van der Waals surface area contributed by atoms with Crippen LogP contribution in [-0.4, -0.2) is 17.5 Å². The van der Waals surface area contributed by atoms with Gasteiger partial charge in [0, 0.05) is 17.4 Å². The van der Waals surface area contributed by atoms with Crippen LogP contribution in [0.1, 0.15) is 46.2 Å². The van der Waals surface area contributed by atoms with Gasteiger partial charge < -0.3 is 10.1 Å².